The standard InChI is InChI=1S/C14H25N5O/c1-16-6-12-19(14(16)20)13-11-18-9-7-17(8-10-18)5-3-2-4-15/h2-3,5-13H2,1H3. The quantitative estimate of drug-likeness (QED) is 0.655. The Hall–Kier alpha value is -1.32. The van der Waals surface area contributed by atoms with Gasteiger partial charge in [-0.05, 0) is 13.0 Å². The van der Waals surface area contributed by atoms with Crippen LogP contribution >= 0.6 is 0 Å². The number of carbonyl (C=O) groups is 1. The van der Waals surface area contributed by atoms with Gasteiger partial charge in [0.1, 0.15) is 0 Å². The van der Waals surface area contributed by atoms with Crippen molar-refractivity contribution in [2.45, 2.75) is 12.8 Å². The van der Waals surface area contributed by atoms with E-state index in [4.69, 9.17) is 5.26 Å². The molecular formula is C14H25N5O. The van der Waals surface area contributed by atoms with Crippen molar-refractivity contribution in [3.63, 3.8) is 0 Å². The van der Waals surface area contributed by atoms with E-state index in [1.807, 2.05) is 11.9 Å². The molecule has 2 saturated heterocycles. The first-order valence-electron chi connectivity index (χ1n) is 7.52. The molecule has 0 bridgehead atoms. The van der Waals surface area contributed by atoms with Crippen LogP contribution in [0.15, 0.2) is 0 Å². The summed E-state index contributed by atoms with van der Waals surface area (Å²) < 4.78 is 0. The van der Waals surface area contributed by atoms with Crippen LogP contribution in [0.25, 0.3) is 0 Å². The van der Waals surface area contributed by atoms with Crippen molar-refractivity contribution >= 4 is 6.03 Å². The normalized spacial score (nSPS) is 21.5. The highest BCUT2D eigenvalue weighted by Crippen LogP contribution is 2.07. The van der Waals surface area contributed by atoms with Gasteiger partial charge in [0.15, 0.2) is 0 Å². The van der Waals surface area contributed by atoms with Crippen LogP contribution in [-0.4, -0.2) is 91.6 Å². The van der Waals surface area contributed by atoms with E-state index in [1.54, 1.807) is 4.90 Å². The molecule has 112 valence electrons. The fraction of sp³-hybridized carbons (Fsp3) is 0.857. The Kier molecular flexibility index (Phi) is 5.62. The molecule has 0 aromatic rings. The third kappa shape index (κ3) is 4.09. The SMILES string of the molecule is CN1CCN(CCN2CCN(CCCC#N)CC2)C1=O. The van der Waals surface area contributed by atoms with E-state index in [2.05, 4.69) is 15.9 Å². The lowest BCUT2D eigenvalue weighted by atomic mass is 10.2. The van der Waals surface area contributed by atoms with Crippen molar-refractivity contribution in [3.05, 3.63) is 0 Å². The summed E-state index contributed by atoms with van der Waals surface area (Å²) in [5.74, 6) is 0. The number of nitriles is 1. The Bertz CT molecular complexity index is 359. The monoisotopic (exact) mass is 279 g/mol. The molecule has 0 aliphatic carbocycles. The minimum absolute atomic E-state index is 0.167. The Labute approximate surface area is 121 Å². The van der Waals surface area contributed by atoms with Gasteiger partial charge >= 0.3 is 6.03 Å². The maximum absolute atomic E-state index is 11.8. The summed E-state index contributed by atoms with van der Waals surface area (Å²) in [6.07, 6.45) is 1.63. The van der Waals surface area contributed by atoms with Gasteiger partial charge in [0, 0.05) is 65.8 Å². The minimum Gasteiger partial charge on any atom is -0.326 e. The van der Waals surface area contributed by atoms with E-state index in [9.17, 15) is 4.79 Å². The molecule has 2 rings (SSSR count). The number of hydrogen-bond acceptors (Lipinski definition) is 4. The molecular weight excluding hydrogens is 254 g/mol. The Morgan fingerprint density at radius 2 is 1.65 bits per heavy atom. The number of amides is 2. The lowest BCUT2D eigenvalue weighted by Crippen LogP contribution is -2.48. The molecule has 6 nitrogen and oxygen atoms in total. The van der Waals surface area contributed by atoms with E-state index in [0.29, 0.717) is 6.42 Å². The highest BCUT2D eigenvalue weighted by molar-refractivity contribution is 5.76. The van der Waals surface area contributed by atoms with Crippen LogP contribution < -0.4 is 0 Å². The zero-order valence-electron chi connectivity index (χ0n) is 12.4. The number of unbranched alkanes of at least 4 members (excludes halogenated alkanes) is 1. The van der Waals surface area contributed by atoms with Crippen LogP contribution in [0.3, 0.4) is 0 Å². The number of carbonyl (C=O) groups excluding carboxylic acids is 1. The van der Waals surface area contributed by atoms with Crippen molar-refractivity contribution in [2.24, 2.45) is 0 Å². The minimum atomic E-state index is 0.167. The second-order valence-electron chi connectivity index (χ2n) is 5.64. The maximum Gasteiger partial charge on any atom is 0.319 e. The molecule has 0 atom stereocenters. The van der Waals surface area contributed by atoms with Crippen molar-refractivity contribution in [3.8, 4) is 6.07 Å². The van der Waals surface area contributed by atoms with E-state index >= 15 is 0 Å². The topological polar surface area (TPSA) is 53.8 Å². The summed E-state index contributed by atoms with van der Waals surface area (Å²) in [7, 11) is 1.86. The third-order valence-electron chi connectivity index (χ3n) is 4.22. The molecule has 6 heteroatoms. The van der Waals surface area contributed by atoms with Crippen LogP contribution in [0.5, 0.6) is 0 Å². The number of hydrogen-bond donors (Lipinski definition) is 0. The van der Waals surface area contributed by atoms with Gasteiger partial charge in [0.05, 0.1) is 6.07 Å². The van der Waals surface area contributed by atoms with E-state index in [1.165, 1.54) is 0 Å². The second kappa shape index (κ2) is 7.46. The molecule has 0 aromatic heterocycles. The van der Waals surface area contributed by atoms with Gasteiger partial charge in [-0.25, -0.2) is 4.79 Å². The lowest BCUT2D eigenvalue weighted by molar-refractivity contribution is 0.123. The molecule has 2 aliphatic heterocycles. The van der Waals surface area contributed by atoms with Gasteiger partial charge in [-0.3, -0.25) is 4.90 Å². The average Bonchev–Trinajstić information content (AvgIpc) is 2.78. The number of rotatable bonds is 6. The summed E-state index contributed by atoms with van der Waals surface area (Å²) in [4.78, 5) is 20.4. The molecule has 2 fully saturated rings. The van der Waals surface area contributed by atoms with Crippen molar-refractivity contribution in [1.82, 2.24) is 19.6 Å². The van der Waals surface area contributed by atoms with E-state index in [0.717, 1.165) is 65.3 Å². The number of nitrogens with zero attached hydrogens (tertiary/aromatic N) is 5. The predicted octanol–water partition coefficient (Wildman–Crippen LogP) is 0.275. The first-order valence-corrected chi connectivity index (χ1v) is 7.52. The summed E-state index contributed by atoms with van der Waals surface area (Å²) >= 11 is 0. The van der Waals surface area contributed by atoms with Gasteiger partial charge in [-0.2, -0.15) is 5.26 Å². The fourth-order valence-electron chi connectivity index (χ4n) is 2.79. The molecule has 2 aliphatic rings. The molecule has 2 amide bonds. The average molecular weight is 279 g/mol. The summed E-state index contributed by atoms with van der Waals surface area (Å²) in [6, 6.07) is 2.36. The highest BCUT2D eigenvalue weighted by atomic mass is 16.2. The van der Waals surface area contributed by atoms with Crippen LogP contribution in [-0.2, 0) is 0 Å². The van der Waals surface area contributed by atoms with Gasteiger partial charge in [0.25, 0.3) is 0 Å². The van der Waals surface area contributed by atoms with Gasteiger partial charge in [-0.15, -0.1) is 0 Å². The fourth-order valence-corrected chi connectivity index (χ4v) is 2.79. The maximum atomic E-state index is 11.8. The van der Waals surface area contributed by atoms with E-state index in [-0.39, 0.29) is 6.03 Å². The van der Waals surface area contributed by atoms with Crippen LogP contribution in [0, 0.1) is 11.3 Å². The molecule has 0 saturated carbocycles. The largest absolute Gasteiger partial charge is 0.326 e. The van der Waals surface area contributed by atoms with Crippen molar-refractivity contribution in [1.29, 1.82) is 5.26 Å². The molecule has 0 aromatic carbocycles. The van der Waals surface area contributed by atoms with Crippen LogP contribution in [0.4, 0.5) is 4.79 Å². The van der Waals surface area contributed by atoms with Crippen LogP contribution in [0.1, 0.15) is 12.8 Å². The van der Waals surface area contributed by atoms with Crippen molar-refractivity contribution in [2.75, 3.05) is 66.0 Å². The predicted molar refractivity (Wildman–Crippen MR) is 77.3 cm³/mol. The smallest absolute Gasteiger partial charge is 0.319 e. The zero-order chi connectivity index (χ0) is 14.4. The number of urea groups is 1. The zero-order valence-corrected chi connectivity index (χ0v) is 12.4. The summed E-state index contributed by atoms with van der Waals surface area (Å²) in [5.41, 5.74) is 0. The summed E-state index contributed by atoms with van der Waals surface area (Å²) in [5, 5.41) is 8.54. The van der Waals surface area contributed by atoms with Crippen molar-refractivity contribution < 1.29 is 4.79 Å². The first kappa shape index (κ1) is 15.1. The van der Waals surface area contributed by atoms with Crippen LogP contribution in [0.2, 0.25) is 0 Å². The third-order valence-corrected chi connectivity index (χ3v) is 4.22. The molecule has 0 spiro atoms. The summed E-state index contributed by atoms with van der Waals surface area (Å²) in [6.45, 7) is 8.89. The Morgan fingerprint density at radius 1 is 1.00 bits per heavy atom. The molecule has 20 heavy (non-hydrogen) atoms. The number of likely N-dealkylation sites (N-methyl/N-ethyl adjacent to an activating group) is 1. The van der Waals surface area contributed by atoms with Gasteiger partial charge in [0.2, 0.25) is 0 Å². The Balaban J connectivity index is 1.60. The highest BCUT2D eigenvalue weighted by Gasteiger charge is 2.25. The number of piperazine rings is 1. The second-order valence-corrected chi connectivity index (χ2v) is 5.64. The molecule has 0 unspecified atom stereocenters. The lowest BCUT2D eigenvalue weighted by Gasteiger charge is -2.35. The van der Waals surface area contributed by atoms with Gasteiger partial charge in [-0.1, -0.05) is 0 Å². The molecule has 0 N–H and O–H groups in total. The molecule has 2 heterocycles. The van der Waals surface area contributed by atoms with E-state index < -0.39 is 0 Å². The molecule has 0 radical (unpaired) electrons. The Morgan fingerprint density at radius 3 is 2.20 bits per heavy atom. The van der Waals surface area contributed by atoms with Gasteiger partial charge < -0.3 is 14.7 Å². The first-order chi connectivity index (χ1) is 9.70.